The van der Waals surface area contributed by atoms with Gasteiger partial charge in [0.2, 0.25) is 15.9 Å². The first-order valence-electron chi connectivity index (χ1n) is 21.9. The Balaban J connectivity index is 1.47. The molecule has 1 fully saturated rings. The van der Waals surface area contributed by atoms with Crippen molar-refractivity contribution in [1.82, 2.24) is 35.2 Å². The predicted molar refractivity (Wildman–Crippen MR) is 244 cm³/mol. The number of aliphatic carboxylic acids is 2. The van der Waals surface area contributed by atoms with Gasteiger partial charge in [0, 0.05) is 40.6 Å². The first-order chi connectivity index (χ1) is 34.4. The normalized spacial score (nSPS) is 17.3. The van der Waals surface area contributed by atoms with Crippen LogP contribution in [-0.2, 0) is 72.3 Å². The Bertz CT molecular complexity index is 3380. The molecule has 5 aromatic rings. The number of anilines is 1. The SMILES string of the molecule is CC(C)(CCc1ccc(-c2ccc(Cl)c3c(N(C(=O)N[C@H](CC(=O)O)C(=O)O)S(C)(=O)=O)nn(CC(F)(F)F)c23)c([C@H](Cc2cc(F)cc(F)c2)NC(=O)Cn2nc(C(F)(F)F)c3c2C(F)(F)C2C[C@H]32)n1)S(C)(=O)=O. The fourth-order valence-corrected chi connectivity index (χ4v) is 10.3. The highest BCUT2D eigenvalue weighted by Gasteiger charge is 2.68. The number of carbonyl (C=O) groups is 4. The summed E-state index contributed by atoms with van der Waals surface area (Å²) in [4.78, 5) is 55.9. The average Bonchev–Trinajstić information content (AvgIpc) is 3.76. The molecular formula is C44H41ClF10N8O10S2. The van der Waals surface area contributed by atoms with E-state index in [1.54, 1.807) is 5.32 Å². The van der Waals surface area contributed by atoms with Crippen molar-refractivity contribution in [2.75, 3.05) is 16.8 Å². The summed E-state index contributed by atoms with van der Waals surface area (Å²) in [6.45, 7) is -0.692. The maximum absolute atomic E-state index is 15.6. The topological polar surface area (TPSA) is 253 Å². The van der Waals surface area contributed by atoms with Crippen molar-refractivity contribution in [1.29, 1.82) is 0 Å². The molecule has 75 heavy (non-hydrogen) atoms. The van der Waals surface area contributed by atoms with Crippen LogP contribution in [0.1, 0.15) is 79.0 Å². The van der Waals surface area contributed by atoms with Crippen molar-refractivity contribution >= 4 is 72.1 Å². The molecule has 4 N–H and O–H groups in total. The molecule has 3 heterocycles. The molecule has 18 nitrogen and oxygen atoms in total. The van der Waals surface area contributed by atoms with Crippen LogP contribution in [0.5, 0.6) is 0 Å². The van der Waals surface area contributed by atoms with E-state index in [2.05, 4.69) is 20.5 Å². The first kappa shape index (κ1) is 56.2. The van der Waals surface area contributed by atoms with Crippen LogP contribution in [0.25, 0.3) is 22.0 Å². The summed E-state index contributed by atoms with van der Waals surface area (Å²) in [5.41, 5.74) is -5.97. The van der Waals surface area contributed by atoms with Crippen LogP contribution in [0.15, 0.2) is 42.5 Å². The number of hydrogen-bond donors (Lipinski definition) is 4. The van der Waals surface area contributed by atoms with E-state index in [0.717, 1.165) is 36.6 Å². The van der Waals surface area contributed by atoms with Crippen LogP contribution in [0.4, 0.5) is 54.5 Å². The van der Waals surface area contributed by atoms with Crippen molar-refractivity contribution < 1.29 is 90.1 Å². The Labute approximate surface area is 423 Å². The molecule has 2 aromatic carbocycles. The van der Waals surface area contributed by atoms with Gasteiger partial charge in [-0.25, -0.2) is 35.2 Å². The summed E-state index contributed by atoms with van der Waals surface area (Å²) in [5.74, 6) is -15.3. The Morgan fingerprint density at radius 3 is 2.09 bits per heavy atom. The monoisotopic (exact) mass is 1130 g/mol. The molecule has 1 unspecified atom stereocenters. The highest BCUT2D eigenvalue weighted by atomic mass is 35.5. The van der Waals surface area contributed by atoms with E-state index < -0.39 is 178 Å². The van der Waals surface area contributed by atoms with Crippen LogP contribution >= 0.6 is 11.6 Å². The van der Waals surface area contributed by atoms with Gasteiger partial charge >= 0.3 is 30.3 Å². The van der Waals surface area contributed by atoms with Crippen LogP contribution in [0, 0.1) is 17.6 Å². The summed E-state index contributed by atoms with van der Waals surface area (Å²) < 4.78 is 198. The Kier molecular flexibility index (Phi) is 14.6. The number of urea groups is 1. The van der Waals surface area contributed by atoms with Gasteiger partial charge in [-0.1, -0.05) is 23.7 Å². The molecule has 0 spiro atoms. The lowest BCUT2D eigenvalue weighted by atomic mass is 9.93. The standard InChI is InChI=1S/C44H41ClF10N8O10S2/c1-41(2,74(3,70)71)10-9-22-5-6-23(24-7-8-27(45)33-35(24)62(18-42(48,49)50)60-38(33)63(75(4,72)73)40(69)58-29(39(67)68)16-31(65)66)34(56-22)28(13-19-11-20(46)14-21(47)12-19)57-30(64)17-61-37-32(36(59-61)44(53,54)55)25-15-26(25)43(37,51)52/h5-8,11-12,14,25-26,28-29H,9-10,13,15-18H2,1-4H3,(H,57,64)(H,58,69)(H,65,66)(H,67,68)/t25-,26?,28-,29+/m0/s1. The number of aryl methyl sites for hydroxylation is 1. The zero-order valence-corrected chi connectivity index (χ0v) is 41.5. The molecule has 406 valence electrons. The number of amides is 3. The molecular weight excluding hydrogens is 1090 g/mol. The van der Waals surface area contributed by atoms with Gasteiger partial charge in [0.05, 0.1) is 45.1 Å². The number of hydrogen-bond acceptors (Lipinski definition) is 11. The number of carboxylic acid groups (broad SMARTS) is 2. The lowest BCUT2D eigenvalue weighted by Crippen LogP contribution is -2.50. The second-order valence-corrected chi connectivity index (χ2v) is 23.5. The van der Waals surface area contributed by atoms with E-state index >= 15 is 8.78 Å². The van der Waals surface area contributed by atoms with Gasteiger partial charge in [-0.2, -0.15) is 49.6 Å². The molecule has 0 aliphatic heterocycles. The minimum absolute atomic E-state index is 0.0160. The number of fused-ring (bicyclic) bond motifs is 4. The third kappa shape index (κ3) is 11.7. The number of sulfone groups is 1. The van der Waals surface area contributed by atoms with E-state index in [1.807, 2.05) is 0 Å². The maximum Gasteiger partial charge on any atom is 0.435 e. The Hall–Kier alpha value is -6.56. The third-order valence-corrected chi connectivity index (χ3v) is 16.1. The van der Waals surface area contributed by atoms with Gasteiger partial charge in [-0.05, 0) is 75.3 Å². The van der Waals surface area contributed by atoms with E-state index in [-0.39, 0.29) is 49.8 Å². The lowest BCUT2D eigenvalue weighted by molar-refractivity contribution is -0.145. The summed E-state index contributed by atoms with van der Waals surface area (Å²) in [6.07, 6.45) is -11.9. The number of nitrogens with one attached hydrogen (secondary N) is 2. The molecule has 3 amide bonds. The van der Waals surface area contributed by atoms with E-state index in [9.17, 15) is 81.4 Å². The smallest absolute Gasteiger partial charge is 0.435 e. The number of aromatic nitrogens is 5. The van der Waals surface area contributed by atoms with Crippen LogP contribution in [-0.4, -0.2) is 105 Å². The summed E-state index contributed by atoms with van der Waals surface area (Å²) >= 11 is 6.58. The highest BCUT2D eigenvalue weighted by molar-refractivity contribution is 7.93. The highest BCUT2D eigenvalue weighted by Crippen LogP contribution is 2.68. The van der Waals surface area contributed by atoms with Gasteiger partial charge < -0.3 is 20.8 Å². The summed E-state index contributed by atoms with van der Waals surface area (Å²) in [7, 11) is -8.89. The Morgan fingerprint density at radius 1 is 0.907 bits per heavy atom. The van der Waals surface area contributed by atoms with Crippen LogP contribution in [0.3, 0.4) is 0 Å². The molecule has 2 aliphatic rings. The quantitative estimate of drug-likeness (QED) is 0.0631. The second kappa shape index (κ2) is 19.5. The summed E-state index contributed by atoms with van der Waals surface area (Å²) in [6, 6.07) is 0.359. The number of carboxylic acids is 2. The molecule has 4 atom stereocenters. The minimum Gasteiger partial charge on any atom is -0.481 e. The molecule has 31 heteroatoms. The zero-order chi connectivity index (χ0) is 55.9. The molecule has 0 saturated heterocycles. The van der Waals surface area contributed by atoms with E-state index in [4.69, 9.17) is 11.6 Å². The predicted octanol–water partition coefficient (Wildman–Crippen LogP) is 7.28. The van der Waals surface area contributed by atoms with Gasteiger partial charge in [0.25, 0.3) is 5.92 Å². The number of alkyl halides is 8. The largest absolute Gasteiger partial charge is 0.481 e. The fourth-order valence-electron chi connectivity index (χ4n) is 8.81. The number of halogens is 11. The first-order valence-corrected chi connectivity index (χ1v) is 26.0. The van der Waals surface area contributed by atoms with Crippen LogP contribution < -0.4 is 14.9 Å². The van der Waals surface area contributed by atoms with Crippen molar-refractivity contribution in [2.24, 2.45) is 5.92 Å². The Morgan fingerprint density at radius 2 is 1.53 bits per heavy atom. The third-order valence-electron chi connectivity index (χ3n) is 12.6. The van der Waals surface area contributed by atoms with Crippen molar-refractivity contribution in [3.8, 4) is 11.1 Å². The van der Waals surface area contributed by atoms with Crippen molar-refractivity contribution in [3.63, 3.8) is 0 Å². The zero-order valence-electron chi connectivity index (χ0n) is 39.1. The van der Waals surface area contributed by atoms with E-state index in [1.165, 1.54) is 19.9 Å². The van der Waals surface area contributed by atoms with E-state index in [0.29, 0.717) is 12.3 Å². The molecule has 1 saturated carbocycles. The van der Waals surface area contributed by atoms with Crippen molar-refractivity contribution in [3.05, 3.63) is 93.0 Å². The molecule has 7 rings (SSSR count). The fraction of sp³-hybridized carbons (Fsp3) is 0.432. The second-order valence-electron chi connectivity index (χ2n) is 18.6. The minimum atomic E-state index is -5.25. The number of rotatable bonds is 18. The summed E-state index contributed by atoms with van der Waals surface area (Å²) in [5, 5.41) is 28.7. The molecule has 2 aliphatic carbocycles. The van der Waals surface area contributed by atoms with Gasteiger partial charge in [-0.15, -0.1) is 0 Å². The van der Waals surface area contributed by atoms with Crippen molar-refractivity contribution in [2.45, 2.75) is 100 Å². The van der Waals surface area contributed by atoms with Gasteiger partial charge in [0.1, 0.15) is 36.5 Å². The number of sulfonamides is 1. The average molecular weight is 1130 g/mol. The number of benzene rings is 2. The molecule has 0 bridgehead atoms. The maximum atomic E-state index is 15.6. The number of pyridine rings is 1. The molecule has 3 aromatic heterocycles. The van der Waals surface area contributed by atoms with Gasteiger partial charge in [0.15, 0.2) is 21.3 Å². The number of nitrogens with zero attached hydrogens (tertiary/aromatic N) is 6. The number of carbonyl (C=O) groups excluding carboxylic acids is 2. The van der Waals surface area contributed by atoms with Crippen LogP contribution in [0.2, 0.25) is 5.02 Å². The molecule has 0 radical (unpaired) electrons. The van der Waals surface area contributed by atoms with Gasteiger partial charge in [-0.3, -0.25) is 23.9 Å². The lowest BCUT2D eigenvalue weighted by Gasteiger charge is -2.25.